The summed E-state index contributed by atoms with van der Waals surface area (Å²) < 4.78 is 10.4. The van der Waals surface area contributed by atoms with E-state index < -0.39 is 11.9 Å². The van der Waals surface area contributed by atoms with Gasteiger partial charge in [0.15, 0.2) is 0 Å². The smallest absolute Gasteiger partial charge is 0.335 e. The van der Waals surface area contributed by atoms with Gasteiger partial charge in [0.1, 0.15) is 11.5 Å². The number of carboxylic acids is 2. The van der Waals surface area contributed by atoms with E-state index in [2.05, 4.69) is 0 Å². The van der Waals surface area contributed by atoms with Crippen molar-refractivity contribution in [1.29, 1.82) is 0 Å². The Kier molecular flexibility index (Phi) is 5.69. The average molecular weight is 393 g/mol. The molecule has 0 spiro atoms. The Morgan fingerprint density at radius 1 is 0.655 bits per heavy atom. The molecule has 0 bridgehead atoms. The van der Waals surface area contributed by atoms with Crippen molar-refractivity contribution in [2.45, 2.75) is 0 Å². The summed E-state index contributed by atoms with van der Waals surface area (Å²) in [7, 11) is 3.12. The number of benzene rings is 3. The molecule has 0 aromatic heterocycles. The highest BCUT2D eigenvalue weighted by molar-refractivity contribution is 5.96. The standard InChI is InChI=1S/C22H19NO6/c1-28-19-7-3-16(4-8-19)23(17-5-9-20(29-2)10-6-17)18-12-14(21(24)25)11-15(13-18)22(26)27/h3-13H,1-2H3,(H,24,25)(H,26,27). The van der Waals surface area contributed by atoms with E-state index >= 15 is 0 Å². The van der Waals surface area contributed by atoms with E-state index in [1.54, 1.807) is 67.7 Å². The summed E-state index contributed by atoms with van der Waals surface area (Å²) in [4.78, 5) is 24.9. The third-order valence-electron chi connectivity index (χ3n) is 4.33. The first-order valence-electron chi connectivity index (χ1n) is 8.63. The molecule has 0 unspecified atom stereocenters. The number of anilines is 3. The van der Waals surface area contributed by atoms with Gasteiger partial charge in [0, 0.05) is 17.1 Å². The van der Waals surface area contributed by atoms with E-state index in [1.807, 2.05) is 0 Å². The normalized spacial score (nSPS) is 10.3. The van der Waals surface area contributed by atoms with Crippen LogP contribution in [0.5, 0.6) is 11.5 Å². The highest BCUT2D eigenvalue weighted by Crippen LogP contribution is 2.37. The second-order valence-electron chi connectivity index (χ2n) is 6.11. The summed E-state index contributed by atoms with van der Waals surface area (Å²) in [6, 6.07) is 18.3. The molecule has 0 saturated heterocycles. The fourth-order valence-corrected chi connectivity index (χ4v) is 2.90. The van der Waals surface area contributed by atoms with Crippen LogP contribution in [0, 0.1) is 0 Å². The molecule has 0 saturated carbocycles. The molecule has 0 radical (unpaired) electrons. The number of carboxylic acid groups (broad SMARTS) is 2. The molecule has 0 heterocycles. The van der Waals surface area contributed by atoms with Crippen molar-refractivity contribution in [1.82, 2.24) is 0 Å². The van der Waals surface area contributed by atoms with Gasteiger partial charge in [-0.2, -0.15) is 0 Å². The summed E-state index contributed by atoms with van der Waals surface area (Å²) in [6.45, 7) is 0. The maximum absolute atomic E-state index is 11.5. The highest BCUT2D eigenvalue weighted by Gasteiger charge is 2.18. The van der Waals surface area contributed by atoms with Gasteiger partial charge in [-0.15, -0.1) is 0 Å². The molecule has 0 aliphatic rings. The van der Waals surface area contributed by atoms with Crippen molar-refractivity contribution in [3.63, 3.8) is 0 Å². The third kappa shape index (κ3) is 4.30. The Morgan fingerprint density at radius 3 is 1.34 bits per heavy atom. The molecule has 148 valence electrons. The summed E-state index contributed by atoms with van der Waals surface area (Å²) in [5, 5.41) is 18.9. The fraction of sp³-hybridized carbons (Fsp3) is 0.0909. The topological polar surface area (TPSA) is 96.3 Å². The van der Waals surface area contributed by atoms with Crippen LogP contribution in [0.1, 0.15) is 20.7 Å². The SMILES string of the molecule is COc1ccc(N(c2ccc(OC)cc2)c2cc(C(=O)O)cc(C(=O)O)c2)cc1. The van der Waals surface area contributed by atoms with Crippen LogP contribution in [0.2, 0.25) is 0 Å². The summed E-state index contributed by atoms with van der Waals surface area (Å²) in [6.07, 6.45) is 0. The number of rotatable bonds is 7. The van der Waals surface area contributed by atoms with E-state index in [4.69, 9.17) is 9.47 Å². The van der Waals surface area contributed by atoms with Crippen molar-refractivity contribution in [3.8, 4) is 11.5 Å². The molecule has 0 amide bonds. The number of hydrogen-bond acceptors (Lipinski definition) is 5. The van der Waals surface area contributed by atoms with E-state index in [-0.39, 0.29) is 11.1 Å². The van der Waals surface area contributed by atoms with E-state index in [0.29, 0.717) is 28.6 Å². The lowest BCUT2D eigenvalue weighted by molar-refractivity contribution is 0.0696. The minimum atomic E-state index is -1.21. The molecular formula is C22H19NO6. The third-order valence-corrected chi connectivity index (χ3v) is 4.33. The van der Waals surface area contributed by atoms with Crippen LogP contribution in [0.15, 0.2) is 66.7 Å². The largest absolute Gasteiger partial charge is 0.497 e. The summed E-state index contributed by atoms with van der Waals surface area (Å²) in [5.41, 5.74) is 1.57. The van der Waals surface area contributed by atoms with Crippen molar-refractivity contribution < 1.29 is 29.3 Å². The van der Waals surface area contributed by atoms with Gasteiger partial charge in [0.2, 0.25) is 0 Å². The first-order chi connectivity index (χ1) is 13.9. The van der Waals surface area contributed by atoms with Crippen molar-refractivity contribution in [2.75, 3.05) is 19.1 Å². The molecule has 3 aromatic carbocycles. The zero-order valence-corrected chi connectivity index (χ0v) is 15.8. The molecule has 0 fully saturated rings. The lowest BCUT2D eigenvalue weighted by Gasteiger charge is -2.26. The lowest BCUT2D eigenvalue weighted by atomic mass is 10.1. The Morgan fingerprint density at radius 2 is 1.03 bits per heavy atom. The van der Waals surface area contributed by atoms with Crippen LogP contribution in [-0.4, -0.2) is 36.4 Å². The molecule has 29 heavy (non-hydrogen) atoms. The number of ether oxygens (including phenoxy) is 2. The van der Waals surface area contributed by atoms with Gasteiger partial charge < -0.3 is 24.6 Å². The van der Waals surface area contributed by atoms with Gasteiger partial charge in [0.05, 0.1) is 25.3 Å². The van der Waals surface area contributed by atoms with Gasteiger partial charge >= 0.3 is 11.9 Å². The highest BCUT2D eigenvalue weighted by atomic mass is 16.5. The van der Waals surface area contributed by atoms with Gasteiger partial charge in [-0.3, -0.25) is 0 Å². The molecule has 7 heteroatoms. The minimum absolute atomic E-state index is 0.119. The molecule has 7 nitrogen and oxygen atoms in total. The van der Waals surface area contributed by atoms with Crippen molar-refractivity contribution >= 4 is 29.0 Å². The monoisotopic (exact) mass is 393 g/mol. The zero-order valence-electron chi connectivity index (χ0n) is 15.8. The first kappa shape index (κ1) is 19.8. The Balaban J connectivity index is 2.20. The number of aromatic carboxylic acids is 2. The lowest BCUT2D eigenvalue weighted by Crippen LogP contribution is -2.13. The van der Waals surface area contributed by atoms with Crippen LogP contribution in [0.3, 0.4) is 0 Å². The Hall–Kier alpha value is -4.00. The van der Waals surface area contributed by atoms with Gasteiger partial charge in [0.25, 0.3) is 0 Å². The molecule has 3 rings (SSSR count). The maximum atomic E-state index is 11.5. The van der Waals surface area contributed by atoms with E-state index in [0.717, 1.165) is 6.07 Å². The van der Waals surface area contributed by atoms with E-state index in [9.17, 15) is 19.8 Å². The minimum Gasteiger partial charge on any atom is -0.497 e. The summed E-state index contributed by atoms with van der Waals surface area (Å²) >= 11 is 0. The van der Waals surface area contributed by atoms with Crippen molar-refractivity contribution in [2.24, 2.45) is 0 Å². The molecule has 0 aliphatic carbocycles. The predicted octanol–water partition coefficient (Wildman–Crippen LogP) is 4.57. The number of hydrogen-bond donors (Lipinski definition) is 2. The van der Waals surface area contributed by atoms with Gasteiger partial charge in [-0.05, 0) is 66.7 Å². The van der Waals surface area contributed by atoms with Crippen LogP contribution in [0.25, 0.3) is 0 Å². The summed E-state index contributed by atoms with van der Waals surface area (Å²) in [5.74, 6) is -1.10. The van der Waals surface area contributed by atoms with Crippen molar-refractivity contribution in [3.05, 3.63) is 77.9 Å². The number of carbonyl (C=O) groups is 2. The molecular weight excluding hydrogens is 374 g/mol. The average Bonchev–Trinajstić information content (AvgIpc) is 2.74. The predicted molar refractivity (Wildman–Crippen MR) is 108 cm³/mol. The van der Waals surface area contributed by atoms with Gasteiger partial charge in [-0.1, -0.05) is 0 Å². The van der Waals surface area contributed by atoms with Gasteiger partial charge in [-0.25, -0.2) is 9.59 Å². The zero-order chi connectivity index (χ0) is 21.0. The Labute approximate surface area is 167 Å². The molecule has 0 aliphatic heterocycles. The number of nitrogens with zero attached hydrogens (tertiary/aromatic N) is 1. The van der Waals surface area contributed by atoms with Crippen LogP contribution >= 0.6 is 0 Å². The second-order valence-corrected chi connectivity index (χ2v) is 6.11. The number of methoxy groups -OCH3 is 2. The fourth-order valence-electron chi connectivity index (χ4n) is 2.90. The quantitative estimate of drug-likeness (QED) is 0.607. The Bertz CT molecular complexity index is 948. The van der Waals surface area contributed by atoms with Crippen LogP contribution in [0.4, 0.5) is 17.1 Å². The molecule has 3 aromatic rings. The van der Waals surface area contributed by atoms with E-state index in [1.165, 1.54) is 12.1 Å². The van der Waals surface area contributed by atoms with Crippen LogP contribution < -0.4 is 14.4 Å². The molecule has 0 atom stereocenters. The first-order valence-corrected chi connectivity index (χ1v) is 8.63. The second kappa shape index (κ2) is 8.35. The van der Waals surface area contributed by atoms with Crippen LogP contribution in [-0.2, 0) is 0 Å². The maximum Gasteiger partial charge on any atom is 0.335 e. The molecule has 2 N–H and O–H groups in total.